The van der Waals surface area contributed by atoms with E-state index in [4.69, 9.17) is 5.11 Å². The largest absolute Gasteiger partial charge is 0.476 e. The lowest BCUT2D eigenvalue weighted by molar-refractivity contribution is -0.131. The summed E-state index contributed by atoms with van der Waals surface area (Å²) in [6.07, 6.45) is 2.14. The Labute approximate surface area is 99.0 Å². The first kappa shape index (κ1) is 13.1. The fraction of sp³-hybridized carbons (Fsp3) is 0.600. The van der Waals surface area contributed by atoms with Gasteiger partial charge < -0.3 is 10.0 Å². The number of carboxylic acids is 1. The molecule has 17 heavy (non-hydrogen) atoms. The predicted octanol–water partition coefficient (Wildman–Crippen LogP) is 0.235. The van der Waals surface area contributed by atoms with Crippen molar-refractivity contribution in [1.82, 2.24) is 19.9 Å². The predicted molar refractivity (Wildman–Crippen MR) is 59.5 cm³/mol. The highest BCUT2D eigenvalue weighted by Crippen LogP contribution is 1.97. The Morgan fingerprint density at radius 2 is 2.18 bits per heavy atom. The number of aromatic carboxylic acids is 1. The number of hydrogen-bond donors (Lipinski definition) is 1. The van der Waals surface area contributed by atoms with E-state index in [9.17, 15) is 9.59 Å². The number of amides is 1. The van der Waals surface area contributed by atoms with Crippen LogP contribution >= 0.6 is 0 Å². The van der Waals surface area contributed by atoms with Gasteiger partial charge in [0.05, 0.1) is 6.20 Å². The van der Waals surface area contributed by atoms with Crippen LogP contribution in [0.4, 0.5) is 0 Å². The Morgan fingerprint density at radius 1 is 1.47 bits per heavy atom. The van der Waals surface area contributed by atoms with Crippen molar-refractivity contribution >= 4 is 11.9 Å². The van der Waals surface area contributed by atoms with Gasteiger partial charge in [-0.3, -0.25) is 4.79 Å². The zero-order valence-corrected chi connectivity index (χ0v) is 9.96. The van der Waals surface area contributed by atoms with Crippen molar-refractivity contribution in [2.75, 3.05) is 13.1 Å². The highest BCUT2D eigenvalue weighted by atomic mass is 16.4. The van der Waals surface area contributed by atoms with Crippen molar-refractivity contribution in [3.05, 3.63) is 11.9 Å². The van der Waals surface area contributed by atoms with E-state index in [0.717, 1.165) is 6.42 Å². The van der Waals surface area contributed by atoms with Gasteiger partial charge >= 0.3 is 5.97 Å². The second kappa shape index (κ2) is 5.97. The van der Waals surface area contributed by atoms with E-state index in [1.165, 1.54) is 10.9 Å². The molecule has 0 aliphatic rings. The van der Waals surface area contributed by atoms with E-state index in [0.29, 0.717) is 13.1 Å². The van der Waals surface area contributed by atoms with Crippen molar-refractivity contribution < 1.29 is 14.7 Å². The van der Waals surface area contributed by atoms with Crippen LogP contribution in [0.5, 0.6) is 0 Å². The average molecular weight is 240 g/mol. The highest BCUT2D eigenvalue weighted by Gasteiger charge is 2.14. The molecule has 0 saturated carbocycles. The van der Waals surface area contributed by atoms with Gasteiger partial charge in [0.1, 0.15) is 6.54 Å². The van der Waals surface area contributed by atoms with Crippen LogP contribution in [0.15, 0.2) is 6.20 Å². The lowest BCUT2D eigenvalue weighted by Crippen LogP contribution is -2.34. The van der Waals surface area contributed by atoms with E-state index >= 15 is 0 Å². The first-order valence-corrected chi connectivity index (χ1v) is 5.49. The van der Waals surface area contributed by atoms with Crippen molar-refractivity contribution in [2.24, 2.45) is 0 Å². The third-order valence-corrected chi connectivity index (χ3v) is 2.28. The molecule has 1 heterocycles. The van der Waals surface area contributed by atoms with Crippen molar-refractivity contribution in [3.8, 4) is 0 Å². The van der Waals surface area contributed by atoms with Crippen LogP contribution in [0.25, 0.3) is 0 Å². The summed E-state index contributed by atoms with van der Waals surface area (Å²) in [6.45, 7) is 5.24. The molecular weight excluding hydrogens is 224 g/mol. The second-order valence-electron chi connectivity index (χ2n) is 3.58. The first-order chi connectivity index (χ1) is 8.08. The van der Waals surface area contributed by atoms with E-state index in [1.807, 2.05) is 13.8 Å². The number of hydrogen-bond acceptors (Lipinski definition) is 4. The number of nitrogens with zero attached hydrogens (tertiary/aromatic N) is 4. The molecule has 0 aromatic carbocycles. The van der Waals surface area contributed by atoms with Crippen molar-refractivity contribution in [1.29, 1.82) is 0 Å². The molecule has 0 radical (unpaired) electrons. The fourth-order valence-electron chi connectivity index (χ4n) is 1.44. The molecule has 1 N–H and O–H groups in total. The summed E-state index contributed by atoms with van der Waals surface area (Å²) in [4.78, 5) is 24.1. The minimum Gasteiger partial charge on any atom is -0.476 e. The van der Waals surface area contributed by atoms with Gasteiger partial charge in [-0.25, -0.2) is 9.48 Å². The van der Waals surface area contributed by atoms with Gasteiger partial charge in [0.25, 0.3) is 0 Å². The molecule has 0 saturated heterocycles. The quantitative estimate of drug-likeness (QED) is 0.769. The van der Waals surface area contributed by atoms with Gasteiger partial charge in [-0.15, -0.1) is 5.10 Å². The molecule has 1 rings (SSSR count). The molecule has 0 spiro atoms. The summed E-state index contributed by atoms with van der Waals surface area (Å²) in [5.41, 5.74) is -0.156. The standard InChI is InChI=1S/C10H16N4O3/c1-3-5-13(4-2)9(15)7-14-6-8(10(16)17)11-12-14/h6H,3-5,7H2,1-2H3,(H,16,17). The summed E-state index contributed by atoms with van der Waals surface area (Å²) in [5, 5.41) is 15.7. The molecule has 94 valence electrons. The lowest BCUT2D eigenvalue weighted by Gasteiger charge is -2.19. The van der Waals surface area contributed by atoms with Crippen LogP contribution in [0, 0.1) is 0 Å². The van der Waals surface area contributed by atoms with Crippen molar-refractivity contribution in [2.45, 2.75) is 26.8 Å². The molecule has 0 unspecified atom stereocenters. The minimum atomic E-state index is -1.15. The molecule has 0 atom stereocenters. The Hall–Kier alpha value is -1.92. The average Bonchev–Trinajstić information content (AvgIpc) is 2.74. The molecule has 1 aromatic rings. The monoisotopic (exact) mass is 240 g/mol. The molecule has 0 bridgehead atoms. The van der Waals surface area contributed by atoms with Crippen LogP contribution in [-0.4, -0.2) is 50.0 Å². The zero-order valence-electron chi connectivity index (χ0n) is 9.96. The maximum Gasteiger partial charge on any atom is 0.358 e. The molecule has 0 aliphatic heterocycles. The molecule has 7 heteroatoms. The first-order valence-electron chi connectivity index (χ1n) is 5.49. The SMILES string of the molecule is CCCN(CC)C(=O)Cn1cc(C(=O)O)nn1. The third kappa shape index (κ3) is 3.54. The summed E-state index contributed by atoms with van der Waals surface area (Å²) in [6, 6.07) is 0. The molecule has 0 fully saturated rings. The van der Waals surface area contributed by atoms with Gasteiger partial charge in [-0.1, -0.05) is 12.1 Å². The Balaban J connectivity index is 2.63. The van der Waals surface area contributed by atoms with E-state index in [2.05, 4.69) is 10.3 Å². The van der Waals surface area contributed by atoms with Crippen LogP contribution in [0.2, 0.25) is 0 Å². The van der Waals surface area contributed by atoms with Crippen LogP contribution in [-0.2, 0) is 11.3 Å². The molecule has 1 amide bonds. The number of carbonyl (C=O) groups is 2. The fourth-order valence-corrected chi connectivity index (χ4v) is 1.44. The van der Waals surface area contributed by atoms with Gasteiger partial charge in [-0.05, 0) is 13.3 Å². The number of likely N-dealkylation sites (N-methyl/N-ethyl adjacent to an activating group) is 1. The maximum atomic E-state index is 11.8. The van der Waals surface area contributed by atoms with Gasteiger partial charge in [0.2, 0.25) is 5.91 Å². The van der Waals surface area contributed by atoms with Gasteiger partial charge in [-0.2, -0.15) is 0 Å². The molecular formula is C10H16N4O3. The number of carbonyl (C=O) groups excluding carboxylic acids is 1. The number of carboxylic acid groups (broad SMARTS) is 1. The smallest absolute Gasteiger partial charge is 0.358 e. The summed E-state index contributed by atoms with van der Waals surface area (Å²) < 4.78 is 1.24. The molecule has 1 aromatic heterocycles. The normalized spacial score (nSPS) is 10.2. The Bertz CT molecular complexity index is 402. The minimum absolute atomic E-state index is 0.0219. The number of aromatic nitrogens is 3. The van der Waals surface area contributed by atoms with Crippen LogP contribution < -0.4 is 0 Å². The van der Waals surface area contributed by atoms with Crippen LogP contribution in [0.1, 0.15) is 30.8 Å². The third-order valence-electron chi connectivity index (χ3n) is 2.28. The van der Waals surface area contributed by atoms with E-state index in [-0.39, 0.29) is 18.1 Å². The van der Waals surface area contributed by atoms with Gasteiger partial charge in [0, 0.05) is 13.1 Å². The molecule has 0 aliphatic carbocycles. The van der Waals surface area contributed by atoms with E-state index in [1.54, 1.807) is 4.90 Å². The topological polar surface area (TPSA) is 88.3 Å². The van der Waals surface area contributed by atoms with E-state index < -0.39 is 5.97 Å². The molecule has 7 nitrogen and oxygen atoms in total. The van der Waals surface area contributed by atoms with Crippen molar-refractivity contribution in [3.63, 3.8) is 0 Å². The lowest BCUT2D eigenvalue weighted by atomic mass is 10.4. The highest BCUT2D eigenvalue weighted by molar-refractivity contribution is 5.84. The second-order valence-corrected chi connectivity index (χ2v) is 3.58. The Kier molecular flexibility index (Phi) is 4.62. The van der Waals surface area contributed by atoms with Crippen LogP contribution in [0.3, 0.4) is 0 Å². The Morgan fingerprint density at radius 3 is 2.65 bits per heavy atom. The summed E-state index contributed by atoms with van der Waals surface area (Å²) in [7, 11) is 0. The maximum absolute atomic E-state index is 11.8. The summed E-state index contributed by atoms with van der Waals surface area (Å²) >= 11 is 0. The van der Waals surface area contributed by atoms with Gasteiger partial charge in [0.15, 0.2) is 5.69 Å². The summed E-state index contributed by atoms with van der Waals surface area (Å²) in [5.74, 6) is -1.24. The zero-order chi connectivity index (χ0) is 12.8. The number of rotatable bonds is 6.